The van der Waals surface area contributed by atoms with Crippen molar-refractivity contribution in [1.82, 2.24) is 9.88 Å². The number of rotatable bonds is 5. The van der Waals surface area contributed by atoms with Gasteiger partial charge in [0.2, 0.25) is 5.56 Å². The predicted molar refractivity (Wildman–Crippen MR) is 93.9 cm³/mol. The number of pyridine rings is 1. The van der Waals surface area contributed by atoms with E-state index in [1.54, 1.807) is 26.5 Å². The molecule has 1 aliphatic rings. The minimum atomic E-state index is -0.0175. The monoisotopic (exact) mass is 328 g/mol. The zero-order valence-corrected chi connectivity index (χ0v) is 14.2. The van der Waals surface area contributed by atoms with Crippen LogP contribution < -0.4 is 15.0 Å². The number of hydrogen-bond acceptors (Lipinski definition) is 4. The number of aromatic nitrogens is 1. The first-order valence-electron chi connectivity index (χ1n) is 8.32. The molecule has 1 N–H and O–H groups in total. The van der Waals surface area contributed by atoms with Crippen molar-refractivity contribution >= 4 is 0 Å². The maximum Gasteiger partial charge on any atom is 0.248 e. The highest BCUT2D eigenvalue weighted by atomic mass is 16.5. The summed E-state index contributed by atoms with van der Waals surface area (Å²) in [6, 6.07) is 9.75. The van der Waals surface area contributed by atoms with Crippen molar-refractivity contribution < 1.29 is 9.47 Å². The van der Waals surface area contributed by atoms with E-state index in [0.717, 1.165) is 55.1 Å². The quantitative estimate of drug-likeness (QED) is 0.917. The number of H-pyrrole nitrogens is 1. The van der Waals surface area contributed by atoms with Gasteiger partial charge >= 0.3 is 0 Å². The molecule has 3 rings (SSSR count). The van der Waals surface area contributed by atoms with Crippen molar-refractivity contribution in [2.75, 3.05) is 27.3 Å². The lowest BCUT2D eigenvalue weighted by atomic mass is 9.90. The van der Waals surface area contributed by atoms with Gasteiger partial charge in [-0.2, -0.15) is 0 Å². The third-order valence-corrected chi connectivity index (χ3v) is 4.74. The Kier molecular flexibility index (Phi) is 5.20. The SMILES string of the molecule is COc1cccc(CN2CCC(c3cc[nH]c(=O)c3)CC2)c1OC. The largest absolute Gasteiger partial charge is 0.493 e. The molecule has 2 aromatic rings. The van der Waals surface area contributed by atoms with Crippen LogP contribution in [0.15, 0.2) is 41.3 Å². The van der Waals surface area contributed by atoms with Gasteiger partial charge in [-0.15, -0.1) is 0 Å². The molecule has 1 aromatic heterocycles. The second-order valence-electron chi connectivity index (χ2n) is 6.19. The van der Waals surface area contributed by atoms with E-state index in [1.165, 1.54) is 0 Å². The first-order chi connectivity index (χ1) is 11.7. The molecule has 1 aliphatic heterocycles. The Balaban J connectivity index is 1.65. The molecule has 0 bridgehead atoms. The minimum Gasteiger partial charge on any atom is -0.493 e. The molecule has 24 heavy (non-hydrogen) atoms. The van der Waals surface area contributed by atoms with Crippen LogP contribution in [0.2, 0.25) is 0 Å². The molecule has 0 saturated carbocycles. The summed E-state index contributed by atoms with van der Waals surface area (Å²) in [6.45, 7) is 2.87. The summed E-state index contributed by atoms with van der Waals surface area (Å²) in [5.41, 5.74) is 2.28. The van der Waals surface area contributed by atoms with Crippen LogP contribution in [0.25, 0.3) is 0 Å². The van der Waals surface area contributed by atoms with E-state index in [2.05, 4.69) is 16.0 Å². The van der Waals surface area contributed by atoms with E-state index in [1.807, 2.05) is 18.2 Å². The highest BCUT2D eigenvalue weighted by Crippen LogP contribution is 2.33. The molecule has 1 aromatic carbocycles. The van der Waals surface area contributed by atoms with Crippen molar-refractivity contribution in [2.45, 2.75) is 25.3 Å². The zero-order valence-electron chi connectivity index (χ0n) is 14.2. The highest BCUT2D eigenvalue weighted by molar-refractivity contribution is 5.46. The molecular weight excluding hydrogens is 304 g/mol. The van der Waals surface area contributed by atoms with Crippen LogP contribution in [0.3, 0.4) is 0 Å². The summed E-state index contributed by atoms with van der Waals surface area (Å²) >= 11 is 0. The lowest BCUT2D eigenvalue weighted by Gasteiger charge is -2.32. The van der Waals surface area contributed by atoms with E-state index in [4.69, 9.17) is 9.47 Å². The third-order valence-electron chi connectivity index (χ3n) is 4.74. The van der Waals surface area contributed by atoms with Crippen LogP contribution in [-0.2, 0) is 6.54 Å². The van der Waals surface area contributed by atoms with Gasteiger partial charge in [-0.3, -0.25) is 9.69 Å². The van der Waals surface area contributed by atoms with Gasteiger partial charge in [-0.25, -0.2) is 0 Å². The second-order valence-corrected chi connectivity index (χ2v) is 6.19. The maximum absolute atomic E-state index is 11.5. The summed E-state index contributed by atoms with van der Waals surface area (Å²) < 4.78 is 10.9. The number of aromatic amines is 1. The number of likely N-dealkylation sites (tertiary alicyclic amines) is 1. The zero-order chi connectivity index (χ0) is 16.9. The maximum atomic E-state index is 11.5. The van der Waals surface area contributed by atoms with E-state index in [9.17, 15) is 4.79 Å². The van der Waals surface area contributed by atoms with Crippen LogP contribution in [0, 0.1) is 0 Å². The van der Waals surface area contributed by atoms with Gasteiger partial charge in [0.25, 0.3) is 0 Å². The predicted octanol–water partition coefficient (Wildman–Crippen LogP) is 2.77. The van der Waals surface area contributed by atoms with Crippen LogP contribution in [0.5, 0.6) is 11.5 Å². The lowest BCUT2D eigenvalue weighted by molar-refractivity contribution is 0.201. The molecule has 5 nitrogen and oxygen atoms in total. The van der Waals surface area contributed by atoms with Crippen LogP contribution in [0.1, 0.15) is 29.9 Å². The molecule has 0 amide bonds. The fourth-order valence-electron chi connectivity index (χ4n) is 3.46. The van der Waals surface area contributed by atoms with Gasteiger partial charge in [0.1, 0.15) is 0 Å². The Morgan fingerprint density at radius 2 is 1.96 bits per heavy atom. The molecule has 0 unspecified atom stereocenters. The molecular formula is C19H24N2O3. The number of methoxy groups -OCH3 is 2. The Labute approximate surface area is 142 Å². The third kappa shape index (κ3) is 3.62. The molecule has 0 spiro atoms. The lowest BCUT2D eigenvalue weighted by Crippen LogP contribution is -2.32. The molecule has 0 atom stereocenters. The van der Waals surface area contributed by atoms with Gasteiger partial charge in [0, 0.05) is 24.4 Å². The summed E-state index contributed by atoms with van der Waals surface area (Å²) in [7, 11) is 3.34. The van der Waals surface area contributed by atoms with Crippen LogP contribution in [0.4, 0.5) is 0 Å². The summed E-state index contributed by atoms with van der Waals surface area (Å²) in [5.74, 6) is 2.06. The van der Waals surface area contributed by atoms with Gasteiger partial charge in [-0.1, -0.05) is 12.1 Å². The Morgan fingerprint density at radius 3 is 2.62 bits per heavy atom. The fraction of sp³-hybridized carbons (Fsp3) is 0.421. The van der Waals surface area contributed by atoms with Crippen LogP contribution >= 0.6 is 0 Å². The van der Waals surface area contributed by atoms with Crippen molar-refractivity contribution in [1.29, 1.82) is 0 Å². The van der Waals surface area contributed by atoms with Gasteiger partial charge in [0.15, 0.2) is 11.5 Å². The molecule has 0 aliphatic carbocycles. The summed E-state index contributed by atoms with van der Waals surface area (Å²) in [5, 5.41) is 0. The average molecular weight is 328 g/mol. The van der Waals surface area contributed by atoms with E-state index in [0.29, 0.717) is 5.92 Å². The van der Waals surface area contributed by atoms with E-state index < -0.39 is 0 Å². The number of piperidine rings is 1. The van der Waals surface area contributed by atoms with E-state index in [-0.39, 0.29) is 5.56 Å². The molecule has 1 saturated heterocycles. The Morgan fingerprint density at radius 1 is 1.17 bits per heavy atom. The Hall–Kier alpha value is -2.27. The summed E-state index contributed by atoms with van der Waals surface area (Å²) in [4.78, 5) is 16.6. The number of ether oxygens (including phenoxy) is 2. The summed E-state index contributed by atoms with van der Waals surface area (Å²) in [6.07, 6.45) is 3.87. The molecule has 128 valence electrons. The smallest absolute Gasteiger partial charge is 0.248 e. The van der Waals surface area contributed by atoms with Crippen molar-refractivity contribution in [3.63, 3.8) is 0 Å². The average Bonchev–Trinajstić information content (AvgIpc) is 2.62. The number of benzene rings is 1. The van der Waals surface area contributed by atoms with Crippen molar-refractivity contribution in [3.05, 3.63) is 58.0 Å². The fourth-order valence-corrected chi connectivity index (χ4v) is 3.46. The molecule has 5 heteroatoms. The first kappa shape index (κ1) is 16.6. The van der Waals surface area contributed by atoms with Gasteiger partial charge in [0.05, 0.1) is 14.2 Å². The Bertz CT molecular complexity index is 733. The topological polar surface area (TPSA) is 54.6 Å². The van der Waals surface area contributed by atoms with Crippen molar-refractivity contribution in [3.8, 4) is 11.5 Å². The second kappa shape index (κ2) is 7.53. The van der Waals surface area contributed by atoms with E-state index >= 15 is 0 Å². The standard InChI is InChI=1S/C19H24N2O3/c1-23-17-5-3-4-16(19(17)24-2)13-21-10-7-14(8-11-21)15-6-9-20-18(22)12-15/h3-6,9,12,14H,7-8,10-11,13H2,1-2H3,(H,20,22). The molecule has 0 radical (unpaired) electrons. The van der Waals surface area contributed by atoms with Crippen molar-refractivity contribution in [2.24, 2.45) is 0 Å². The molecule has 1 fully saturated rings. The first-order valence-corrected chi connectivity index (χ1v) is 8.32. The van der Waals surface area contributed by atoms with Gasteiger partial charge < -0.3 is 14.5 Å². The van der Waals surface area contributed by atoms with Crippen LogP contribution in [-0.4, -0.2) is 37.2 Å². The highest BCUT2D eigenvalue weighted by Gasteiger charge is 2.22. The number of nitrogens with one attached hydrogen (secondary N) is 1. The number of hydrogen-bond donors (Lipinski definition) is 1. The normalized spacial score (nSPS) is 16.1. The number of para-hydroxylation sites is 1. The number of nitrogens with zero attached hydrogens (tertiary/aromatic N) is 1. The minimum absolute atomic E-state index is 0.0175. The van der Waals surface area contributed by atoms with Gasteiger partial charge in [-0.05, 0) is 49.5 Å². The molecule has 2 heterocycles.